The maximum atomic E-state index is 13.5. The predicted octanol–water partition coefficient (Wildman–Crippen LogP) is 2.20. The molecule has 29 heavy (non-hydrogen) atoms. The fourth-order valence-corrected chi connectivity index (χ4v) is 5.14. The number of methoxy groups -OCH3 is 1. The first-order valence-electron chi connectivity index (χ1n) is 11.0. The van der Waals surface area contributed by atoms with E-state index in [-0.39, 0.29) is 29.6 Å². The van der Waals surface area contributed by atoms with Gasteiger partial charge in [0.15, 0.2) is 0 Å². The largest absolute Gasteiger partial charge is 0.497 e. The molecule has 0 spiro atoms. The van der Waals surface area contributed by atoms with Gasteiger partial charge >= 0.3 is 0 Å². The Morgan fingerprint density at radius 1 is 0.966 bits per heavy atom. The molecule has 0 N–H and O–H groups in total. The number of ether oxygens (including phenoxy) is 1. The van der Waals surface area contributed by atoms with E-state index in [1.54, 1.807) is 7.11 Å². The summed E-state index contributed by atoms with van der Waals surface area (Å²) in [7, 11) is 3.76. The maximum absolute atomic E-state index is 13.5. The van der Waals surface area contributed by atoms with Gasteiger partial charge in [0.2, 0.25) is 11.8 Å². The van der Waals surface area contributed by atoms with E-state index in [4.69, 9.17) is 4.74 Å². The van der Waals surface area contributed by atoms with Gasteiger partial charge in [-0.2, -0.15) is 0 Å². The molecule has 0 unspecified atom stereocenters. The van der Waals surface area contributed by atoms with E-state index < -0.39 is 0 Å². The van der Waals surface area contributed by atoms with E-state index in [1.807, 2.05) is 28.0 Å². The van der Waals surface area contributed by atoms with Crippen LogP contribution in [0.4, 0.5) is 0 Å². The monoisotopic (exact) mass is 399 g/mol. The molecule has 1 aromatic rings. The fraction of sp³-hybridized carbons (Fsp3) is 0.652. The smallest absolute Gasteiger partial charge is 0.228 e. The summed E-state index contributed by atoms with van der Waals surface area (Å²) in [6.07, 6.45) is 4.28. The molecule has 6 nitrogen and oxygen atoms in total. The summed E-state index contributed by atoms with van der Waals surface area (Å²) in [5, 5.41) is 0. The first-order chi connectivity index (χ1) is 14.1. The summed E-state index contributed by atoms with van der Waals surface area (Å²) in [4.78, 5) is 32.8. The number of hydrogen-bond acceptors (Lipinski definition) is 4. The minimum Gasteiger partial charge on any atom is -0.497 e. The lowest BCUT2D eigenvalue weighted by atomic mass is 9.87. The van der Waals surface area contributed by atoms with Crippen molar-refractivity contribution >= 4 is 11.8 Å². The van der Waals surface area contributed by atoms with Gasteiger partial charge in [-0.1, -0.05) is 25.0 Å². The van der Waals surface area contributed by atoms with Crippen LogP contribution in [-0.2, 0) is 9.59 Å². The molecule has 3 aliphatic rings. The van der Waals surface area contributed by atoms with E-state index >= 15 is 0 Å². The van der Waals surface area contributed by atoms with Crippen molar-refractivity contribution in [3.05, 3.63) is 29.8 Å². The van der Waals surface area contributed by atoms with Crippen molar-refractivity contribution in [3.8, 4) is 5.75 Å². The number of amides is 2. The molecule has 0 radical (unpaired) electrons. The van der Waals surface area contributed by atoms with E-state index in [0.717, 1.165) is 63.2 Å². The minimum atomic E-state index is -0.170. The summed E-state index contributed by atoms with van der Waals surface area (Å²) >= 11 is 0. The van der Waals surface area contributed by atoms with Gasteiger partial charge in [0.05, 0.1) is 13.0 Å². The van der Waals surface area contributed by atoms with Crippen LogP contribution in [0.5, 0.6) is 5.75 Å². The SMILES string of the molecule is COc1cccc([C@@H]2CN(C(=O)C3CCCC3)C[C@H]2C(=O)N2CCN(C)CC2)c1. The van der Waals surface area contributed by atoms with Crippen LogP contribution in [0.25, 0.3) is 0 Å². The number of nitrogens with zero attached hydrogens (tertiary/aromatic N) is 3. The normalized spacial score (nSPS) is 26.1. The van der Waals surface area contributed by atoms with Gasteiger partial charge in [0.1, 0.15) is 5.75 Å². The molecule has 3 fully saturated rings. The van der Waals surface area contributed by atoms with Gasteiger partial charge in [0.25, 0.3) is 0 Å². The fourth-order valence-electron chi connectivity index (χ4n) is 5.14. The van der Waals surface area contributed by atoms with E-state index in [9.17, 15) is 9.59 Å². The number of rotatable bonds is 4. The topological polar surface area (TPSA) is 53.1 Å². The van der Waals surface area contributed by atoms with Crippen LogP contribution < -0.4 is 4.74 Å². The molecule has 0 aromatic heterocycles. The molecule has 2 atom stereocenters. The van der Waals surface area contributed by atoms with Gasteiger partial charge in [-0.05, 0) is 37.6 Å². The average Bonchev–Trinajstić information content (AvgIpc) is 3.44. The first-order valence-corrected chi connectivity index (χ1v) is 11.0. The van der Waals surface area contributed by atoms with Crippen molar-refractivity contribution in [2.75, 3.05) is 53.4 Å². The van der Waals surface area contributed by atoms with Crippen LogP contribution in [0.3, 0.4) is 0 Å². The Morgan fingerprint density at radius 3 is 2.38 bits per heavy atom. The second-order valence-corrected chi connectivity index (χ2v) is 8.84. The van der Waals surface area contributed by atoms with E-state index in [2.05, 4.69) is 18.0 Å². The van der Waals surface area contributed by atoms with Gasteiger partial charge in [-0.25, -0.2) is 0 Å². The highest BCUT2D eigenvalue weighted by molar-refractivity contribution is 5.84. The summed E-state index contributed by atoms with van der Waals surface area (Å²) in [6.45, 7) is 4.54. The Kier molecular flexibility index (Phi) is 6.09. The lowest BCUT2D eigenvalue weighted by Gasteiger charge is -2.35. The van der Waals surface area contributed by atoms with Crippen LogP contribution in [0.2, 0.25) is 0 Å². The summed E-state index contributed by atoms with van der Waals surface area (Å²) < 4.78 is 5.41. The molecule has 4 rings (SSSR count). The number of likely N-dealkylation sites (N-methyl/N-ethyl adjacent to an activating group) is 1. The number of hydrogen-bond donors (Lipinski definition) is 0. The van der Waals surface area contributed by atoms with Crippen LogP contribution in [0.1, 0.15) is 37.2 Å². The van der Waals surface area contributed by atoms with Crippen LogP contribution in [0, 0.1) is 11.8 Å². The van der Waals surface area contributed by atoms with Crippen molar-refractivity contribution in [2.45, 2.75) is 31.6 Å². The third kappa shape index (κ3) is 4.27. The molecule has 0 bridgehead atoms. The molecular weight excluding hydrogens is 366 g/mol. The summed E-state index contributed by atoms with van der Waals surface area (Å²) in [5.41, 5.74) is 1.10. The quantitative estimate of drug-likeness (QED) is 0.779. The molecule has 1 saturated carbocycles. The average molecular weight is 400 g/mol. The third-order valence-corrected chi connectivity index (χ3v) is 6.99. The van der Waals surface area contributed by atoms with Crippen LogP contribution in [-0.4, -0.2) is 79.9 Å². The third-order valence-electron chi connectivity index (χ3n) is 6.99. The lowest BCUT2D eigenvalue weighted by Crippen LogP contribution is -2.50. The molecule has 1 aromatic carbocycles. The number of carbonyl (C=O) groups is 2. The highest BCUT2D eigenvalue weighted by atomic mass is 16.5. The Labute approximate surface area is 173 Å². The molecule has 2 heterocycles. The molecular formula is C23H33N3O3. The first kappa shape index (κ1) is 20.2. The minimum absolute atomic E-state index is 0.0302. The Bertz CT molecular complexity index is 739. The summed E-state index contributed by atoms with van der Waals surface area (Å²) in [6, 6.07) is 8.00. The van der Waals surface area contributed by atoms with E-state index in [1.165, 1.54) is 0 Å². The lowest BCUT2D eigenvalue weighted by molar-refractivity contribution is -0.138. The van der Waals surface area contributed by atoms with Gasteiger partial charge in [-0.3, -0.25) is 9.59 Å². The van der Waals surface area contributed by atoms with Gasteiger partial charge in [0, 0.05) is 51.1 Å². The number of piperazine rings is 1. The van der Waals surface area contributed by atoms with Crippen LogP contribution in [0.15, 0.2) is 24.3 Å². The van der Waals surface area contributed by atoms with Gasteiger partial charge in [-0.15, -0.1) is 0 Å². The van der Waals surface area contributed by atoms with Crippen molar-refractivity contribution in [2.24, 2.45) is 11.8 Å². The van der Waals surface area contributed by atoms with Crippen LogP contribution >= 0.6 is 0 Å². The van der Waals surface area contributed by atoms with Crippen molar-refractivity contribution < 1.29 is 14.3 Å². The second kappa shape index (κ2) is 8.74. The van der Waals surface area contributed by atoms with Gasteiger partial charge < -0.3 is 19.4 Å². The zero-order chi connectivity index (χ0) is 20.4. The van der Waals surface area contributed by atoms with Crippen molar-refractivity contribution in [3.63, 3.8) is 0 Å². The maximum Gasteiger partial charge on any atom is 0.228 e. The van der Waals surface area contributed by atoms with Crippen molar-refractivity contribution in [1.82, 2.24) is 14.7 Å². The van der Waals surface area contributed by atoms with Crippen molar-refractivity contribution in [1.29, 1.82) is 0 Å². The highest BCUT2D eigenvalue weighted by Gasteiger charge is 2.43. The summed E-state index contributed by atoms with van der Waals surface area (Å²) in [5.74, 6) is 1.27. The molecule has 1 aliphatic carbocycles. The number of carbonyl (C=O) groups excluding carboxylic acids is 2. The Balaban J connectivity index is 1.56. The zero-order valence-corrected chi connectivity index (χ0v) is 17.7. The molecule has 2 aliphatic heterocycles. The number of likely N-dealkylation sites (tertiary alicyclic amines) is 1. The second-order valence-electron chi connectivity index (χ2n) is 8.84. The molecule has 158 valence electrons. The Morgan fingerprint density at radius 2 is 1.69 bits per heavy atom. The predicted molar refractivity (Wildman–Crippen MR) is 112 cm³/mol. The number of benzene rings is 1. The van der Waals surface area contributed by atoms with E-state index in [0.29, 0.717) is 13.1 Å². The standard InChI is InChI=1S/C23H33N3O3/c1-24-10-12-25(13-11-24)23(28)21-16-26(22(27)17-6-3-4-7-17)15-20(21)18-8-5-9-19(14-18)29-2/h5,8-9,14,17,20-21H,3-4,6-7,10-13,15-16H2,1-2H3/t20-,21+/m0/s1. The molecule has 2 amide bonds. The Hall–Kier alpha value is -2.08. The molecule has 2 saturated heterocycles. The highest BCUT2D eigenvalue weighted by Crippen LogP contribution is 2.37. The molecule has 6 heteroatoms. The zero-order valence-electron chi connectivity index (χ0n) is 17.7.